The number of halogens is 5. The molecule has 2 atom stereocenters. The van der Waals surface area contributed by atoms with Gasteiger partial charge in [0.25, 0.3) is 0 Å². The van der Waals surface area contributed by atoms with Crippen molar-refractivity contribution in [2.45, 2.75) is 42.4 Å². The second kappa shape index (κ2) is 14.7. The van der Waals surface area contributed by atoms with Gasteiger partial charge in [-0.3, -0.25) is 4.79 Å². The van der Waals surface area contributed by atoms with Gasteiger partial charge in [-0.25, -0.2) is 18.0 Å². The Kier molecular flexibility index (Phi) is 12.2. The summed E-state index contributed by atoms with van der Waals surface area (Å²) in [7, 11) is -4.07. The molecule has 1 heterocycles. The lowest BCUT2D eigenvalue weighted by atomic mass is 10.1. The van der Waals surface area contributed by atoms with E-state index in [-0.39, 0.29) is 34.3 Å². The Labute approximate surface area is 243 Å². The number of amides is 1. The Bertz CT molecular complexity index is 1320. The number of hydrogen-bond acceptors (Lipinski definition) is 7. The molecule has 0 radical (unpaired) electrons. The number of nitrogens with two attached hydrogens (primary N) is 1. The first-order chi connectivity index (χ1) is 19.1. The molecule has 0 spiro atoms. The van der Waals surface area contributed by atoms with Crippen LogP contribution in [-0.4, -0.2) is 78.7 Å². The first-order valence-electron chi connectivity index (χ1n) is 11.8. The molecule has 41 heavy (non-hydrogen) atoms. The monoisotopic (exact) mass is 643 g/mol. The van der Waals surface area contributed by atoms with Crippen LogP contribution in [0.1, 0.15) is 18.4 Å². The highest BCUT2D eigenvalue weighted by Gasteiger charge is 2.41. The summed E-state index contributed by atoms with van der Waals surface area (Å²) in [5.74, 6) is -4.07. The van der Waals surface area contributed by atoms with Gasteiger partial charge in [0.05, 0.1) is 4.90 Å². The molecule has 0 aliphatic carbocycles. The number of sulfonamides is 1. The van der Waals surface area contributed by atoms with Gasteiger partial charge in [0.15, 0.2) is 0 Å². The van der Waals surface area contributed by atoms with E-state index in [0.717, 1.165) is 4.31 Å². The molecule has 3 rings (SSSR count). The minimum absolute atomic E-state index is 0.0155. The number of alkyl halides is 3. The van der Waals surface area contributed by atoms with Crippen molar-refractivity contribution in [3.8, 4) is 5.75 Å². The van der Waals surface area contributed by atoms with E-state index in [2.05, 4.69) is 5.32 Å². The molecule has 1 fully saturated rings. The molecule has 2 aromatic carbocycles. The molecular formula is C24H26Cl2F3N3O8S. The summed E-state index contributed by atoms with van der Waals surface area (Å²) in [5, 5.41) is 19.6. The number of carbonyl (C=O) groups excluding carboxylic acids is 1. The zero-order valence-corrected chi connectivity index (χ0v) is 23.4. The van der Waals surface area contributed by atoms with Crippen LogP contribution in [0.2, 0.25) is 10.0 Å². The van der Waals surface area contributed by atoms with Crippen molar-refractivity contribution in [3.63, 3.8) is 0 Å². The molecule has 1 saturated heterocycles. The highest BCUT2D eigenvalue weighted by Crippen LogP contribution is 2.30. The molecule has 1 aliphatic heterocycles. The topological polar surface area (TPSA) is 176 Å². The highest BCUT2D eigenvalue weighted by molar-refractivity contribution is 7.89. The lowest BCUT2D eigenvalue weighted by Crippen LogP contribution is -2.51. The molecular weight excluding hydrogens is 618 g/mol. The molecule has 1 amide bonds. The maximum atomic E-state index is 13.2. The minimum Gasteiger partial charge on any atom is -0.492 e. The number of nitrogens with one attached hydrogen (secondary N) is 1. The van der Waals surface area contributed by atoms with Crippen molar-refractivity contribution >= 4 is 51.1 Å². The number of hydrogen-bond donors (Lipinski definition) is 4. The number of aliphatic carboxylic acids is 2. The molecule has 11 nitrogen and oxygen atoms in total. The average molecular weight is 644 g/mol. The van der Waals surface area contributed by atoms with Gasteiger partial charge in [0, 0.05) is 29.6 Å². The summed E-state index contributed by atoms with van der Waals surface area (Å²) in [5.41, 5.74) is 6.07. The predicted octanol–water partition coefficient (Wildman–Crippen LogP) is 2.93. The molecule has 0 aromatic heterocycles. The summed E-state index contributed by atoms with van der Waals surface area (Å²) in [6, 6.07) is 8.41. The molecule has 0 saturated carbocycles. The number of carbonyl (C=O) groups is 3. The van der Waals surface area contributed by atoms with Crippen molar-refractivity contribution in [2.75, 3.05) is 19.7 Å². The molecule has 0 unspecified atom stereocenters. The summed E-state index contributed by atoms with van der Waals surface area (Å²) in [6.45, 7) is 0.842. The van der Waals surface area contributed by atoms with Gasteiger partial charge in [-0.1, -0.05) is 35.3 Å². The Balaban J connectivity index is 0.000000745. The van der Waals surface area contributed by atoms with Crippen LogP contribution in [0.5, 0.6) is 5.75 Å². The van der Waals surface area contributed by atoms with E-state index in [1.165, 1.54) is 18.2 Å². The SMILES string of the molecule is NCCOc1ccc(C[C@H](NC(=O)[C@@H]2CCCN2S(=O)(=O)c2cc(Cl)cc(Cl)c2)C(=O)O)cc1.O=C(O)C(F)(F)F. The zero-order valence-electron chi connectivity index (χ0n) is 21.1. The van der Waals surface area contributed by atoms with Crippen molar-refractivity contribution in [2.24, 2.45) is 5.73 Å². The number of nitrogens with zero attached hydrogens (tertiary/aromatic N) is 1. The largest absolute Gasteiger partial charge is 0.492 e. The van der Waals surface area contributed by atoms with E-state index >= 15 is 0 Å². The summed E-state index contributed by atoms with van der Waals surface area (Å²) < 4.78 is 64.5. The number of benzene rings is 2. The Hall–Kier alpha value is -3.11. The summed E-state index contributed by atoms with van der Waals surface area (Å²) in [4.78, 5) is 33.6. The van der Waals surface area contributed by atoms with Gasteiger partial charge in [0.2, 0.25) is 15.9 Å². The van der Waals surface area contributed by atoms with E-state index < -0.39 is 46.1 Å². The number of rotatable bonds is 10. The van der Waals surface area contributed by atoms with E-state index in [4.69, 9.17) is 43.6 Å². The molecule has 226 valence electrons. The van der Waals surface area contributed by atoms with Crippen LogP contribution >= 0.6 is 23.2 Å². The summed E-state index contributed by atoms with van der Waals surface area (Å²) in [6.07, 6.45) is -4.35. The van der Waals surface area contributed by atoms with Crippen molar-refractivity contribution in [1.29, 1.82) is 0 Å². The molecule has 5 N–H and O–H groups in total. The second-order valence-electron chi connectivity index (χ2n) is 8.57. The second-order valence-corrected chi connectivity index (χ2v) is 11.3. The quantitative estimate of drug-likeness (QED) is 0.303. The van der Waals surface area contributed by atoms with Crippen molar-refractivity contribution in [3.05, 3.63) is 58.1 Å². The van der Waals surface area contributed by atoms with Gasteiger partial charge < -0.3 is 26.0 Å². The van der Waals surface area contributed by atoms with Crippen LogP contribution in [-0.2, 0) is 30.8 Å². The van der Waals surface area contributed by atoms with Gasteiger partial charge in [0.1, 0.15) is 24.4 Å². The maximum absolute atomic E-state index is 13.2. The van der Waals surface area contributed by atoms with Gasteiger partial charge in [-0.2, -0.15) is 17.5 Å². The smallest absolute Gasteiger partial charge is 0.490 e. The Morgan fingerprint density at radius 2 is 1.66 bits per heavy atom. The van der Waals surface area contributed by atoms with Crippen LogP contribution in [0.4, 0.5) is 13.2 Å². The fourth-order valence-electron chi connectivity index (χ4n) is 3.70. The van der Waals surface area contributed by atoms with Crippen LogP contribution in [0.15, 0.2) is 47.4 Å². The average Bonchev–Trinajstić information content (AvgIpc) is 3.38. The van der Waals surface area contributed by atoms with Crippen LogP contribution < -0.4 is 15.8 Å². The van der Waals surface area contributed by atoms with Crippen LogP contribution in [0.3, 0.4) is 0 Å². The van der Waals surface area contributed by atoms with Crippen molar-refractivity contribution in [1.82, 2.24) is 9.62 Å². The van der Waals surface area contributed by atoms with Gasteiger partial charge in [-0.15, -0.1) is 0 Å². The van der Waals surface area contributed by atoms with Crippen LogP contribution in [0, 0.1) is 0 Å². The highest BCUT2D eigenvalue weighted by atomic mass is 35.5. The zero-order chi connectivity index (χ0) is 31.0. The lowest BCUT2D eigenvalue weighted by Gasteiger charge is -2.25. The van der Waals surface area contributed by atoms with Gasteiger partial charge >= 0.3 is 18.1 Å². The van der Waals surface area contributed by atoms with E-state index in [1.54, 1.807) is 24.3 Å². The Morgan fingerprint density at radius 1 is 1.10 bits per heavy atom. The molecule has 0 bridgehead atoms. The molecule has 2 aromatic rings. The Morgan fingerprint density at radius 3 is 2.15 bits per heavy atom. The molecule has 1 aliphatic rings. The third kappa shape index (κ3) is 10.0. The van der Waals surface area contributed by atoms with E-state index in [0.29, 0.717) is 30.9 Å². The predicted molar refractivity (Wildman–Crippen MR) is 141 cm³/mol. The fraction of sp³-hybridized carbons (Fsp3) is 0.375. The maximum Gasteiger partial charge on any atom is 0.490 e. The van der Waals surface area contributed by atoms with E-state index in [1.807, 2.05) is 0 Å². The normalized spacial score (nSPS) is 16.3. The van der Waals surface area contributed by atoms with Gasteiger partial charge in [-0.05, 0) is 48.7 Å². The number of carboxylic acid groups (broad SMARTS) is 2. The van der Waals surface area contributed by atoms with Crippen LogP contribution in [0.25, 0.3) is 0 Å². The van der Waals surface area contributed by atoms with E-state index in [9.17, 15) is 36.3 Å². The standard InChI is InChI=1S/C22H25Cl2N3O6S.C2HF3O2/c23-15-11-16(24)13-18(12-15)34(31,32)27-8-1-2-20(27)21(28)26-19(22(29)30)10-14-3-5-17(6-4-14)33-9-7-25;3-2(4,5)1(6)7/h3-6,11-13,19-20H,1-2,7-10,25H2,(H,26,28)(H,29,30);(H,6,7)/t19-,20-;/m0./s1. The first kappa shape index (κ1) is 34.1. The first-order valence-corrected chi connectivity index (χ1v) is 14.0. The fourth-order valence-corrected chi connectivity index (χ4v) is 6.09. The lowest BCUT2D eigenvalue weighted by molar-refractivity contribution is -0.192. The third-order valence-corrected chi connectivity index (χ3v) is 7.88. The number of carboxylic acids is 2. The van der Waals surface area contributed by atoms with Crippen molar-refractivity contribution < 1.29 is 50.9 Å². The third-order valence-electron chi connectivity index (χ3n) is 5.56. The molecule has 17 heteroatoms. The minimum atomic E-state index is -5.08. The number of ether oxygens (including phenoxy) is 1. The summed E-state index contributed by atoms with van der Waals surface area (Å²) >= 11 is 11.9.